The number of rotatable bonds is 3. The molecular formula is C13H13NO3. The van der Waals surface area contributed by atoms with Crippen LogP contribution in [0.4, 0.5) is 0 Å². The number of aryl methyl sites for hydroxylation is 1. The molecule has 0 amide bonds. The number of allylic oxidation sites excluding steroid dienone is 3. The van der Waals surface area contributed by atoms with Gasteiger partial charge >= 0.3 is 5.97 Å². The van der Waals surface area contributed by atoms with Crippen molar-refractivity contribution in [3.8, 4) is 0 Å². The molecule has 1 atom stereocenters. The normalized spacial score (nSPS) is 18.0. The van der Waals surface area contributed by atoms with Gasteiger partial charge in [-0.2, -0.15) is 0 Å². The van der Waals surface area contributed by atoms with Gasteiger partial charge in [-0.25, -0.2) is 4.79 Å². The van der Waals surface area contributed by atoms with E-state index >= 15 is 0 Å². The molecule has 17 heavy (non-hydrogen) atoms. The van der Waals surface area contributed by atoms with Crippen LogP contribution >= 0.6 is 0 Å². The van der Waals surface area contributed by atoms with Gasteiger partial charge in [0.1, 0.15) is 5.76 Å². The number of carboxylic acids is 1. The molecule has 0 bridgehead atoms. The molecule has 1 heterocycles. The summed E-state index contributed by atoms with van der Waals surface area (Å²) in [5.41, 5.74) is 1.72. The molecule has 1 aliphatic rings. The van der Waals surface area contributed by atoms with E-state index in [9.17, 15) is 4.79 Å². The quantitative estimate of drug-likeness (QED) is 0.866. The van der Waals surface area contributed by atoms with Crippen molar-refractivity contribution in [3.63, 3.8) is 0 Å². The molecule has 0 aliphatic heterocycles. The topological polar surface area (TPSA) is 59.4 Å². The van der Waals surface area contributed by atoms with E-state index in [1.54, 1.807) is 13.2 Å². The SMILES string of the molecule is COC1=CC=CC1c1cc(C)ncc1C(=O)O. The average molecular weight is 231 g/mol. The molecule has 0 spiro atoms. The van der Waals surface area contributed by atoms with Crippen molar-refractivity contribution in [2.45, 2.75) is 12.8 Å². The van der Waals surface area contributed by atoms with E-state index < -0.39 is 5.97 Å². The Morgan fingerprint density at radius 1 is 1.53 bits per heavy atom. The predicted molar refractivity (Wildman–Crippen MR) is 62.9 cm³/mol. The van der Waals surface area contributed by atoms with Crippen LogP contribution in [-0.2, 0) is 4.74 Å². The Balaban J connectivity index is 2.51. The largest absolute Gasteiger partial charge is 0.500 e. The van der Waals surface area contributed by atoms with E-state index in [1.807, 2.05) is 25.2 Å². The molecule has 1 unspecified atom stereocenters. The Kier molecular flexibility index (Phi) is 2.95. The Morgan fingerprint density at radius 3 is 2.94 bits per heavy atom. The van der Waals surface area contributed by atoms with Crippen molar-refractivity contribution in [2.24, 2.45) is 0 Å². The van der Waals surface area contributed by atoms with Gasteiger partial charge in [-0.1, -0.05) is 12.2 Å². The second-order valence-electron chi connectivity index (χ2n) is 3.85. The highest BCUT2D eigenvalue weighted by molar-refractivity contribution is 5.89. The summed E-state index contributed by atoms with van der Waals surface area (Å²) in [6.45, 7) is 1.84. The third kappa shape index (κ3) is 2.06. The van der Waals surface area contributed by atoms with E-state index in [0.717, 1.165) is 11.5 Å². The maximum Gasteiger partial charge on any atom is 0.337 e. The van der Waals surface area contributed by atoms with E-state index in [0.29, 0.717) is 5.56 Å². The number of methoxy groups -OCH3 is 1. The van der Waals surface area contributed by atoms with Gasteiger partial charge in [0.25, 0.3) is 0 Å². The fourth-order valence-electron chi connectivity index (χ4n) is 1.93. The molecule has 1 aromatic heterocycles. The summed E-state index contributed by atoms with van der Waals surface area (Å²) in [6, 6.07) is 1.79. The van der Waals surface area contributed by atoms with Gasteiger partial charge in [-0.3, -0.25) is 4.98 Å². The van der Waals surface area contributed by atoms with Crippen LogP contribution in [0, 0.1) is 6.92 Å². The van der Waals surface area contributed by atoms with Crippen molar-refractivity contribution < 1.29 is 14.6 Å². The summed E-state index contributed by atoms with van der Waals surface area (Å²) in [5, 5.41) is 9.15. The molecule has 1 aromatic rings. The van der Waals surface area contributed by atoms with Gasteiger partial charge in [0, 0.05) is 11.9 Å². The number of carbonyl (C=O) groups is 1. The van der Waals surface area contributed by atoms with Gasteiger partial charge in [-0.05, 0) is 24.6 Å². The molecule has 0 aromatic carbocycles. The Morgan fingerprint density at radius 2 is 2.29 bits per heavy atom. The summed E-state index contributed by atoms with van der Waals surface area (Å²) < 4.78 is 5.24. The number of aromatic nitrogens is 1. The highest BCUT2D eigenvalue weighted by Gasteiger charge is 2.23. The van der Waals surface area contributed by atoms with E-state index in [1.165, 1.54) is 6.20 Å². The Hall–Kier alpha value is -2.10. The fraction of sp³-hybridized carbons (Fsp3) is 0.231. The lowest BCUT2D eigenvalue weighted by Gasteiger charge is -2.15. The van der Waals surface area contributed by atoms with E-state index in [-0.39, 0.29) is 11.5 Å². The number of aromatic carboxylic acids is 1. The zero-order valence-electron chi connectivity index (χ0n) is 9.68. The molecule has 4 nitrogen and oxygen atoms in total. The highest BCUT2D eigenvalue weighted by atomic mass is 16.5. The number of ether oxygens (including phenoxy) is 1. The molecule has 88 valence electrons. The molecule has 1 N–H and O–H groups in total. The third-order valence-corrected chi connectivity index (χ3v) is 2.74. The van der Waals surface area contributed by atoms with Crippen LogP contribution in [0.15, 0.2) is 36.3 Å². The van der Waals surface area contributed by atoms with Crippen LogP contribution in [0.5, 0.6) is 0 Å². The van der Waals surface area contributed by atoms with Crippen molar-refractivity contribution in [3.05, 3.63) is 53.1 Å². The van der Waals surface area contributed by atoms with Crippen LogP contribution in [0.25, 0.3) is 0 Å². The molecule has 4 heteroatoms. The zero-order chi connectivity index (χ0) is 12.4. The van der Waals surface area contributed by atoms with Crippen LogP contribution in [0.1, 0.15) is 27.5 Å². The number of nitrogens with zero attached hydrogens (tertiary/aromatic N) is 1. The first-order valence-corrected chi connectivity index (χ1v) is 5.25. The molecule has 0 fully saturated rings. The molecule has 0 saturated carbocycles. The summed E-state index contributed by atoms with van der Waals surface area (Å²) in [7, 11) is 1.58. The number of hydrogen-bond acceptors (Lipinski definition) is 3. The maximum atomic E-state index is 11.2. The lowest BCUT2D eigenvalue weighted by atomic mass is 9.95. The van der Waals surface area contributed by atoms with E-state index in [4.69, 9.17) is 9.84 Å². The molecule has 2 rings (SSSR count). The molecule has 0 saturated heterocycles. The minimum atomic E-state index is -0.969. The lowest BCUT2D eigenvalue weighted by Crippen LogP contribution is -2.09. The van der Waals surface area contributed by atoms with Gasteiger partial charge in [0.15, 0.2) is 0 Å². The van der Waals surface area contributed by atoms with Gasteiger partial charge in [-0.15, -0.1) is 0 Å². The van der Waals surface area contributed by atoms with Crippen LogP contribution in [-0.4, -0.2) is 23.2 Å². The summed E-state index contributed by atoms with van der Waals surface area (Å²) >= 11 is 0. The highest BCUT2D eigenvalue weighted by Crippen LogP contribution is 2.32. The first kappa shape index (κ1) is 11.4. The van der Waals surface area contributed by atoms with Crippen molar-refractivity contribution >= 4 is 5.97 Å². The minimum Gasteiger partial charge on any atom is -0.500 e. The van der Waals surface area contributed by atoms with Crippen LogP contribution in [0.2, 0.25) is 0 Å². The fourth-order valence-corrected chi connectivity index (χ4v) is 1.93. The summed E-state index contributed by atoms with van der Waals surface area (Å²) in [5.74, 6) is -0.353. The van der Waals surface area contributed by atoms with Crippen molar-refractivity contribution in [1.29, 1.82) is 0 Å². The third-order valence-electron chi connectivity index (χ3n) is 2.74. The number of carboxylic acid groups (broad SMARTS) is 1. The Bertz CT molecular complexity index is 517. The summed E-state index contributed by atoms with van der Waals surface area (Å²) in [6.07, 6.45) is 7.02. The zero-order valence-corrected chi connectivity index (χ0v) is 9.68. The van der Waals surface area contributed by atoms with E-state index in [2.05, 4.69) is 4.98 Å². The first-order valence-electron chi connectivity index (χ1n) is 5.25. The average Bonchev–Trinajstić information content (AvgIpc) is 2.76. The monoisotopic (exact) mass is 231 g/mol. The lowest BCUT2D eigenvalue weighted by molar-refractivity contribution is 0.0695. The molecular weight excluding hydrogens is 218 g/mol. The summed E-state index contributed by atoms with van der Waals surface area (Å²) in [4.78, 5) is 15.2. The smallest absolute Gasteiger partial charge is 0.337 e. The molecule has 1 aliphatic carbocycles. The first-order chi connectivity index (χ1) is 8.13. The maximum absolute atomic E-state index is 11.2. The number of hydrogen-bond donors (Lipinski definition) is 1. The van der Waals surface area contributed by atoms with Gasteiger partial charge in [0.2, 0.25) is 0 Å². The van der Waals surface area contributed by atoms with Crippen LogP contribution in [0.3, 0.4) is 0 Å². The van der Waals surface area contributed by atoms with Crippen molar-refractivity contribution in [2.75, 3.05) is 7.11 Å². The second-order valence-corrected chi connectivity index (χ2v) is 3.85. The second kappa shape index (κ2) is 4.41. The number of pyridine rings is 1. The standard InChI is InChI=1S/C13H13NO3/c1-8-6-10(11(7-14-8)13(15)16)9-4-3-5-12(9)17-2/h3-7,9H,1-2H3,(H,15,16). The predicted octanol–water partition coefficient (Wildman–Crippen LogP) is 2.27. The van der Waals surface area contributed by atoms with Gasteiger partial charge < -0.3 is 9.84 Å². The minimum absolute atomic E-state index is 0.132. The van der Waals surface area contributed by atoms with Crippen LogP contribution < -0.4 is 0 Å². The van der Waals surface area contributed by atoms with Gasteiger partial charge in [0.05, 0.1) is 18.6 Å². The molecule has 0 radical (unpaired) electrons. The Labute approximate surface area is 99.3 Å². The van der Waals surface area contributed by atoms with Crippen molar-refractivity contribution in [1.82, 2.24) is 4.98 Å².